The van der Waals surface area contributed by atoms with Gasteiger partial charge in [0, 0.05) is 25.2 Å². The first kappa shape index (κ1) is 14.6. The van der Waals surface area contributed by atoms with E-state index >= 15 is 0 Å². The average Bonchev–Trinajstić information content (AvgIpc) is 2.99. The summed E-state index contributed by atoms with van der Waals surface area (Å²) in [5.74, 6) is 1.08. The van der Waals surface area contributed by atoms with Gasteiger partial charge in [-0.2, -0.15) is 4.31 Å². The van der Waals surface area contributed by atoms with E-state index in [9.17, 15) is 8.42 Å². The van der Waals surface area contributed by atoms with Crippen LogP contribution >= 0.6 is 15.9 Å². The van der Waals surface area contributed by atoms with Crippen molar-refractivity contribution in [2.24, 2.45) is 5.92 Å². The van der Waals surface area contributed by atoms with Gasteiger partial charge in [-0.05, 0) is 41.1 Å². The molecule has 2 aliphatic rings. The molecule has 1 saturated heterocycles. The molecule has 1 aromatic rings. The Labute approximate surface area is 127 Å². The van der Waals surface area contributed by atoms with Crippen molar-refractivity contribution in [2.75, 3.05) is 13.1 Å². The molecule has 0 aromatic carbocycles. The van der Waals surface area contributed by atoms with Crippen LogP contribution in [0.5, 0.6) is 0 Å². The first-order chi connectivity index (χ1) is 9.46. The maximum atomic E-state index is 12.6. The summed E-state index contributed by atoms with van der Waals surface area (Å²) in [6, 6.07) is 2.20. The highest BCUT2D eigenvalue weighted by atomic mass is 79.9. The lowest BCUT2D eigenvalue weighted by Crippen LogP contribution is -2.28. The van der Waals surface area contributed by atoms with Crippen molar-refractivity contribution in [3.05, 3.63) is 16.5 Å². The van der Waals surface area contributed by atoms with E-state index in [4.69, 9.17) is 4.42 Å². The number of hydrogen-bond acceptors (Lipinski definition) is 4. The molecule has 1 atom stereocenters. The van der Waals surface area contributed by atoms with Crippen molar-refractivity contribution in [1.29, 1.82) is 0 Å². The maximum Gasteiger partial charge on any atom is 0.247 e. The van der Waals surface area contributed by atoms with Crippen molar-refractivity contribution in [2.45, 2.75) is 43.7 Å². The summed E-state index contributed by atoms with van der Waals surface area (Å²) >= 11 is 3.24. The molecule has 5 nitrogen and oxygen atoms in total. The highest BCUT2D eigenvalue weighted by Gasteiger charge is 2.34. The number of sulfonamides is 1. The van der Waals surface area contributed by atoms with Gasteiger partial charge in [0.05, 0.1) is 6.54 Å². The molecule has 1 saturated carbocycles. The first-order valence-electron chi connectivity index (χ1n) is 6.98. The molecule has 7 heteroatoms. The fourth-order valence-electron chi connectivity index (χ4n) is 2.45. The summed E-state index contributed by atoms with van der Waals surface area (Å²) in [7, 11) is -3.44. The summed E-state index contributed by atoms with van der Waals surface area (Å²) in [6.45, 7) is 3.84. The zero-order chi connectivity index (χ0) is 14.3. The highest BCUT2D eigenvalue weighted by Crippen LogP contribution is 2.31. The van der Waals surface area contributed by atoms with E-state index < -0.39 is 10.0 Å². The van der Waals surface area contributed by atoms with Crippen LogP contribution < -0.4 is 5.32 Å². The molecular formula is C13H19BrN2O3S. The van der Waals surface area contributed by atoms with Crippen LogP contribution in [-0.4, -0.2) is 31.9 Å². The zero-order valence-electron chi connectivity index (χ0n) is 11.4. The van der Waals surface area contributed by atoms with Gasteiger partial charge in [-0.3, -0.25) is 0 Å². The summed E-state index contributed by atoms with van der Waals surface area (Å²) in [5.41, 5.74) is 0. The minimum absolute atomic E-state index is 0.249. The molecule has 2 fully saturated rings. The Morgan fingerprint density at radius 2 is 2.20 bits per heavy atom. The van der Waals surface area contributed by atoms with Crippen LogP contribution in [0.4, 0.5) is 0 Å². The Morgan fingerprint density at radius 3 is 2.80 bits per heavy atom. The number of nitrogens with one attached hydrogen (secondary N) is 1. The summed E-state index contributed by atoms with van der Waals surface area (Å²) in [4.78, 5) is 0.249. The van der Waals surface area contributed by atoms with Gasteiger partial charge < -0.3 is 9.73 Å². The van der Waals surface area contributed by atoms with Crippen LogP contribution in [-0.2, 0) is 16.6 Å². The lowest BCUT2D eigenvalue weighted by atomic mass is 10.2. The molecule has 3 rings (SSSR count). The van der Waals surface area contributed by atoms with E-state index in [0.29, 0.717) is 42.0 Å². The molecule has 1 unspecified atom stereocenters. The van der Waals surface area contributed by atoms with E-state index in [1.807, 2.05) is 0 Å². The second-order valence-corrected chi connectivity index (χ2v) is 8.39. The van der Waals surface area contributed by atoms with E-state index in [1.165, 1.54) is 12.8 Å². The Morgan fingerprint density at radius 1 is 1.45 bits per heavy atom. The van der Waals surface area contributed by atoms with Crippen LogP contribution in [0.3, 0.4) is 0 Å². The molecule has 1 aromatic heterocycles. The van der Waals surface area contributed by atoms with Crippen molar-refractivity contribution in [3.63, 3.8) is 0 Å². The van der Waals surface area contributed by atoms with Crippen molar-refractivity contribution in [1.82, 2.24) is 9.62 Å². The largest absolute Gasteiger partial charge is 0.452 e. The van der Waals surface area contributed by atoms with Crippen LogP contribution in [0.25, 0.3) is 0 Å². The quantitative estimate of drug-likeness (QED) is 0.872. The van der Waals surface area contributed by atoms with Gasteiger partial charge in [0.1, 0.15) is 10.7 Å². The van der Waals surface area contributed by atoms with Gasteiger partial charge in [-0.25, -0.2) is 8.42 Å². The third kappa shape index (κ3) is 2.95. The third-order valence-electron chi connectivity index (χ3n) is 3.85. The topological polar surface area (TPSA) is 62.6 Å². The molecule has 1 aliphatic heterocycles. The Hall–Kier alpha value is -0.370. The molecule has 0 radical (unpaired) electrons. The van der Waals surface area contributed by atoms with E-state index in [-0.39, 0.29) is 4.90 Å². The summed E-state index contributed by atoms with van der Waals surface area (Å²) < 4.78 is 32.5. The van der Waals surface area contributed by atoms with Gasteiger partial charge in [-0.15, -0.1) is 0 Å². The molecule has 0 amide bonds. The molecule has 2 heterocycles. The average molecular weight is 363 g/mol. The highest BCUT2D eigenvalue weighted by molar-refractivity contribution is 9.10. The molecule has 0 spiro atoms. The summed E-state index contributed by atoms with van der Waals surface area (Å²) in [5, 5.41) is 3.32. The van der Waals surface area contributed by atoms with Crippen molar-refractivity contribution < 1.29 is 12.8 Å². The number of hydrogen-bond donors (Lipinski definition) is 1. The van der Waals surface area contributed by atoms with Gasteiger partial charge in [0.15, 0.2) is 4.67 Å². The van der Waals surface area contributed by atoms with Gasteiger partial charge in [0.25, 0.3) is 0 Å². The van der Waals surface area contributed by atoms with E-state index in [0.717, 1.165) is 6.42 Å². The van der Waals surface area contributed by atoms with Crippen LogP contribution in [0.2, 0.25) is 0 Å². The molecule has 112 valence electrons. The second-order valence-electron chi connectivity index (χ2n) is 5.76. The maximum absolute atomic E-state index is 12.6. The predicted octanol–water partition coefficient (Wildman–Crippen LogP) is 2.32. The minimum Gasteiger partial charge on any atom is -0.452 e. The lowest BCUT2D eigenvalue weighted by Gasteiger charge is -2.14. The Bertz CT molecular complexity index is 595. The van der Waals surface area contributed by atoms with Crippen molar-refractivity contribution in [3.8, 4) is 0 Å². The van der Waals surface area contributed by atoms with E-state index in [2.05, 4.69) is 28.2 Å². The van der Waals surface area contributed by atoms with E-state index in [1.54, 1.807) is 10.4 Å². The normalized spacial score (nSPS) is 24.4. The van der Waals surface area contributed by atoms with Gasteiger partial charge in [0.2, 0.25) is 10.0 Å². The smallest absolute Gasteiger partial charge is 0.247 e. The number of furan rings is 1. The predicted molar refractivity (Wildman–Crippen MR) is 78.8 cm³/mol. The van der Waals surface area contributed by atoms with Crippen LogP contribution in [0.15, 0.2) is 20.0 Å². The molecule has 0 bridgehead atoms. The molecule has 1 N–H and O–H groups in total. The standard InChI is InChI=1S/C13H19BrN2O3S/c1-9-4-5-16(8-9)20(17,18)12-6-11(19-13(12)14)7-15-10-2-3-10/h6,9-10,15H,2-5,7-8H2,1H3. The molecular weight excluding hydrogens is 344 g/mol. The number of nitrogens with zero attached hydrogens (tertiary/aromatic N) is 1. The third-order valence-corrected chi connectivity index (χ3v) is 6.58. The minimum atomic E-state index is -3.44. The molecule has 1 aliphatic carbocycles. The van der Waals surface area contributed by atoms with Crippen molar-refractivity contribution >= 4 is 26.0 Å². The Kier molecular flexibility index (Phi) is 3.96. The first-order valence-corrected chi connectivity index (χ1v) is 9.22. The van der Waals surface area contributed by atoms with Gasteiger partial charge >= 0.3 is 0 Å². The van der Waals surface area contributed by atoms with Crippen LogP contribution in [0.1, 0.15) is 31.9 Å². The molecule has 20 heavy (non-hydrogen) atoms. The Balaban J connectivity index is 1.77. The second kappa shape index (κ2) is 5.44. The van der Waals surface area contributed by atoms with Crippen LogP contribution in [0, 0.1) is 5.92 Å². The number of rotatable bonds is 5. The SMILES string of the molecule is CC1CCN(S(=O)(=O)c2cc(CNC3CC3)oc2Br)C1. The fraction of sp³-hybridized carbons (Fsp3) is 0.692. The monoisotopic (exact) mass is 362 g/mol. The van der Waals surface area contributed by atoms with Gasteiger partial charge in [-0.1, -0.05) is 6.92 Å². The summed E-state index contributed by atoms with van der Waals surface area (Å²) in [6.07, 6.45) is 3.31. The number of halogens is 1. The zero-order valence-corrected chi connectivity index (χ0v) is 13.8. The fourth-order valence-corrected chi connectivity index (χ4v) is 4.98. The lowest BCUT2D eigenvalue weighted by molar-refractivity contribution is 0.449.